The Bertz CT molecular complexity index is 1100. The highest BCUT2D eigenvalue weighted by atomic mass is 35.5. The van der Waals surface area contributed by atoms with Gasteiger partial charge in [-0.1, -0.05) is 35.9 Å². The molecule has 2 aliphatic rings. The average molecular weight is 410 g/mol. The van der Waals surface area contributed by atoms with Crippen LogP contribution in [0.15, 0.2) is 59.5 Å². The third-order valence-electron chi connectivity index (χ3n) is 5.41. The molecule has 29 heavy (non-hydrogen) atoms. The van der Waals surface area contributed by atoms with E-state index in [4.69, 9.17) is 21.1 Å². The Kier molecular flexibility index (Phi) is 4.64. The number of para-hydroxylation sites is 1. The van der Waals surface area contributed by atoms with Gasteiger partial charge in [-0.2, -0.15) is 9.78 Å². The third kappa shape index (κ3) is 3.23. The molecule has 3 aromatic rings. The highest BCUT2D eigenvalue weighted by Gasteiger charge is 2.30. The minimum Gasteiger partial charge on any atom is -0.486 e. The average Bonchev–Trinajstić information content (AvgIpc) is 3.25. The number of fused-ring (bicyclic) bond motifs is 1. The molecule has 2 aliphatic heterocycles. The van der Waals surface area contributed by atoms with Gasteiger partial charge in [-0.05, 0) is 42.7 Å². The Morgan fingerprint density at radius 2 is 1.83 bits per heavy atom. The van der Waals surface area contributed by atoms with Crippen LogP contribution in [0.25, 0.3) is 5.69 Å². The molecule has 5 rings (SSSR count). The first-order valence-corrected chi connectivity index (χ1v) is 10.1. The van der Waals surface area contributed by atoms with Gasteiger partial charge in [-0.15, -0.1) is 0 Å². The number of hydrogen-bond acceptors (Lipinski definition) is 5. The number of anilines is 1. The van der Waals surface area contributed by atoms with Gasteiger partial charge in [0, 0.05) is 6.54 Å². The number of ether oxygens (including phenoxy) is 2. The fourth-order valence-electron chi connectivity index (χ4n) is 4.05. The second-order valence-corrected chi connectivity index (χ2v) is 7.53. The van der Waals surface area contributed by atoms with Crippen LogP contribution in [0.4, 0.5) is 5.69 Å². The lowest BCUT2D eigenvalue weighted by Crippen LogP contribution is -2.28. The summed E-state index contributed by atoms with van der Waals surface area (Å²) in [4.78, 5) is 15.1. The van der Waals surface area contributed by atoms with Crippen LogP contribution in [0.3, 0.4) is 0 Å². The van der Waals surface area contributed by atoms with E-state index in [2.05, 4.69) is 16.1 Å². The van der Waals surface area contributed by atoms with Gasteiger partial charge in [-0.3, -0.25) is 4.79 Å². The third-order valence-corrected chi connectivity index (χ3v) is 5.77. The number of benzene rings is 2. The van der Waals surface area contributed by atoms with Gasteiger partial charge in [-0.25, -0.2) is 0 Å². The molecule has 148 valence electrons. The van der Waals surface area contributed by atoms with Gasteiger partial charge in [0.05, 0.1) is 23.6 Å². The fraction of sp³-hybridized carbons (Fsp3) is 0.273. The molecule has 1 saturated heterocycles. The summed E-state index contributed by atoms with van der Waals surface area (Å²) in [6, 6.07) is 15.4. The van der Waals surface area contributed by atoms with Gasteiger partial charge in [0.15, 0.2) is 11.5 Å². The predicted molar refractivity (Wildman–Crippen MR) is 112 cm³/mol. The van der Waals surface area contributed by atoms with Crippen molar-refractivity contribution in [3.8, 4) is 17.2 Å². The summed E-state index contributed by atoms with van der Waals surface area (Å²) < 4.78 is 12.7. The van der Waals surface area contributed by atoms with Crippen LogP contribution in [0.1, 0.15) is 24.4 Å². The molecule has 0 N–H and O–H groups in total. The van der Waals surface area contributed by atoms with Crippen molar-refractivity contribution in [3.63, 3.8) is 0 Å². The van der Waals surface area contributed by atoms with Crippen molar-refractivity contribution in [2.24, 2.45) is 0 Å². The van der Waals surface area contributed by atoms with Gasteiger partial charge >= 0.3 is 0 Å². The van der Waals surface area contributed by atoms with Crippen LogP contribution in [-0.4, -0.2) is 29.5 Å². The van der Waals surface area contributed by atoms with Crippen LogP contribution in [-0.2, 0) is 0 Å². The van der Waals surface area contributed by atoms with Crippen molar-refractivity contribution >= 4 is 17.3 Å². The van der Waals surface area contributed by atoms with Crippen molar-refractivity contribution in [2.75, 3.05) is 24.7 Å². The smallest absolute Gasteiger partial charge is 0.292 e. The lowest BCUT2D eigenvalue weighted by atomic mass is 10.0. The summed E-state index contributed by atoms with van der Waals surface area (Å²) in [6.45, 7) is 1.94. The Labute approximate surface area is 173 Å². The molecule has 1 aromatic heterocycles. The minimum atomic E-state index is -0.316. The first kappa shape index (κ1) is 18.1. The lowest BCUT2D eigenvalue weighted by molar-refractivity contribution is 0.171. The number of nitrogens with zero attached hydrogens (tertiary/aromatic N) is 3. The topological polar surface area (TPSA) is 56.6 Å². The summed E-state index contributed by atoms with van der Waals surface area (Å²) in [6.07, 6.45) is 3.67. The van der Waals surface area contributed by atoms with Crippen molar-refractivity contribution in [1.29, 1.82) is 0 Å². The normalized spacial score (nSPS) is 18.1. The van der Waals surface area contributed by atoms with E-state index in [1.54, 1.807) is 6.20 Å². The summed E-state index contributed by atoms with van der Waals surface area (Å²) in [5.41, 5.74) is 2.16. The molecule has 0 saturated carbocycles. The highest BCUT2D eigenvalue weighted by Crippen LogP contribution is 2.41. The SMILES string of the molecule is O=c1c(Cl)c(N2CCC[C@H]2c2ccc3c(c2)OCCO3)cnn1-c1ccccc1. The fourth-order valence-corrected chi connectivity index (χ4v) is 4.28. The van der Waals surface area contributed by atoms with Gasteiger partial charge in [0.2, 0.25) is 0 Å². The van der Waals surface area contributed by atoms with E-state index in [1.807, 2.05) is 42.5 Å². The van der Waals surface area contributed by atoms with Crippen LogP contribution in [0.5, 0.6) is 11.5 Å². The van der Waals surface area contributed by atoms with E-state index in [0.717, 1.165) is 36.4 Å². The zero-order chi connectivity index (χ0) is 19.8. The minimum absolute atomic E-state index is 0.108. The quantitative estimate of drug-likeness (QED) is 0.654. The van der Waals surface area contributed by atoms with Crippen molar-refractivity contribution < 1.29 is 9.47 Å². The largest absolute Gasteiger partial charge is 0.486 e. The molecule has 0 spiro atoms. The number of aromatic nitrogens is 2. The maximum absolute atomic E-state index is 12.9. The van der Waals surface area contributed by atoms with E-state index in [-0.39, 0.29) is 16.6 Å². The highest BCUT2D eigenvalue weighted by molar-refractivity contribution is 6.33. The molecule has 3 heterocycles. The summed E-state index contributed by atoms with van der Waals surface area (Å²) >= 11 is 6.54. The molecule has 0 unspecified atom stereocenters. The number of halogens is 1. The first-order valence-electron chi connectivity index (χ1n) is 9.72. The van der Waals surface area contributed by atoms with E-state index >= 15 is 0 Å². The van der Waals surface area contributed by atoms with Gasteiger partial charge < -0.3 is 14.4 Å². The molecule has 0 amide bonds. The van der Waals surface area contributed by atoms with E-state index in [1.165, 1.54) is 4.68 Å². The van der Waals surface area contributed by atoms with E-state index < -0.39 is 0 Å². The van der Waals surface area contributed by atoms with Gasteiger partial charge in [0.25, 0.3) is 5.56 Å². The second-order valence-electron chi connectivity index (χ2n) is 7.15. The van der Waals surface area contributed by atoms with Gasteiger partial charge in [0.1, 0.15) is 18.2 Å². The molecule has 7 heteroatoms. The summed E-state index contributed by atoms with van der Waals surface area (Å²) in [7, 11) is 0. The first-order chi connectivity index (χ1) is 14.2. The zero-order valence-electron chi connectivity index (χ0n) is 15.8. The van der Waals surface area contributed by atoms with Crippen molar-refractivity contribution in [3.05, 3.63) is 75.7 Å². The monoisotopic (exact) mass is 409 g/mol. The molecule has 6 nitrogen and oxygen atoms in total. The zero-order valence-corrected chi connectivity index (χ0v) is 16.5. The molecule has 1 atom stereocenters. The van der Waals surface area contributed by atoms with E-state index in [0.29, 0.717) is 24.6 Å². The number of hydrogen-bond donors (Lipinski definition) is 0. The Morgan fingerprint density at radius 3 is 2.66 bits per heavy atom. The Morgan fingerprint density at radius 1 is 1.03 bits per heavy atom. The molecular weight excluding hydrogens is 390 g/mol. The molecule has 0 aliphatic carbocycles. The predicted octanol–water partition coefficient (Wildman–Crippen LogP) is 4.00. The second kappa shape index (κ2) is 7.44. The van der Waals surface area contributed by atoms with Crippen LogP contribution in [0, 0.1) is 0 Å². The molecule has 0 bridgehead atoms. The molecule has 0 radical (unpaired) electrons. The maximum Gasteiger partial charge on any atom is 0.292 e. The summed E-state index contributed by atoms with van der Waals surface area (Å²) in [5.74, 6) is 1.54. The number of rotatable bonds is 3. The van der Waals surface area contributed by atoms with E-state index in [9.17, 15) is 4.79 Å². The van der Waals surface area contributed by atoms with Crippen LogP contribution < -0.4 is 19.9 Å². The molecular formula is C22H20ClN3O3. The van der Waals surface area contributed by atoms with Crippen molar-refractivity contribution in [1.82, 2.24) is 9.78 Å². The molecule has 1 fully saturated rings. The van der Waals surface area contributed by atoms with Crippen molar-refractivity contribution in [2.45, 2.75) is 18.9 Å². The summed E-state index contributed by atoms with van der Waals surface area (Å²) in [5, 5.41) is 4.57. The van der Waals surface area contributed by atoms with Crippen LogP contribution >= 0.6 is 11.6 Å². The Hall–Kier alpha value is -2.99. The molecule has 2 aromatic carbocycles. The van der Waals surface area contributed by atoms with Crippen LogP contribution in [0.2, 0.25) is 5.02 Å². The lowest BCUT2D eigenvalue weighted by Gasteiger charge is -2.28. The standard InChI is InChI=1S/C22H20ClN3O3/c23-21-18(14-24-26(22(21)27)16-5-2-1-3-6-16)25-10-4-7-17(25)15-8-9-19-20(13-15)29-12-11-28-19/h1-3,5-6,8-9,13-14,17H,4,7,10-12H2/t17-/m0/s1. The maximum atomic E-state index is 12.9. The Balaban J connectivity index is 1.50.